The Morgan fingerprint density at radius 2 is 1.24 bits per heavy atom. The molecule has 0 amide bonds. The number of hydrogen-bond donors (Lipinski definition) is 0. The molecule has 4 rings (SSSR count). The molecule has 0 aromatic heterocycles. The van der Waals surface area contributed by atoms with Gasteiger partial charge in [0.15, 0.2) is 0 Å². The summed E-state index contributed by atoms with van der Waals surface area (Å²) in [5, 5.41) is 0. The van der Waals surface area contributed by atoms with Crippen LogP contribution < -0.4 is 0 Å². The van der Waals surface area contributed by atoms with Crippen LogP contribution in [0.1, 0.15) is 34.1 Å². The highest BCUT2D eigenvalue weighted by Crippen LogP contribution is 2.42. The molecule has 0 spiro atoms. The fourth-order valence-electron chi connectivity index (χ4n) is 3.50. The summed E-state index contributed by atoms with van der Waals surface area (Å²) in [5.41, 5.74) is 5.29. The minimum Gasteiger partial charge on any atom is -0.414 e. The molecule has 0 aliphatic heterocycles. The summed E-state index contributed by atoms with van der Waals surface area (Å²) in [6, 6.07) is 17.1. The third-order valence-electron chi connectivity index (χ3n) is 4.52. The zero-order chi connectivity index (χ0) is 14.2. The van der Waals surface area contributed by atoms with Gasteiger partial charge in [0.2, 0.25) is 10.5 Å². The van der Waals surface area contributed by atoms with Gasteiger partial charge in [-0.3, -0.25) is 0 Å². The summed E-state index contributed by atoms with van der Waals surface area (Å²) in [4.78, 5) is 0. The Balaban J connectivity index is 1.72. The lowest BCUT2D eigenvalue weighted by Crippen LogP contribution is -2.25. The zero-order valence-corrected chi connectivity index (χ0v) is 12.6. The molecule has 0 fully saturated rings. The molecule has 0 saturated heterocycles. The first-order valence-electron chi connectivity index (χ1n) is 7.25. The average Bonchev–Trinajstić information content (AvgIpc) is 3.14. The zero-order valence-electron chi connectivity index (χ0n) is 11.6. The second kappa shape index (κ2) is 5.13. The minimum atomic E-state index is 0.0569. The topological polar surface area (TPSA) is 9.23 Å². The summed E-state index contributed by atoms with van der Waals surface area (Å²) >= 11 is 0. The lowest BCUT2D eigenvalue weighted by molar-refractivity contribution is 0.189. The lowest BCUT2D eigenvalue weighted by atomic mass is 9.84. The summed E-state index contributed by atoms with van der Waals surface area (Å²) in [7, 11) is 3.33. The van der Waals surface area contributed by atoms with Crippen LogP contribution in [0.4, 0.5) is 0 Å². The maximum Gasteiger partial charge on any atom is 0.246 e. The summed E-state index contributed by atoms with van der Waals surface area (Å²) in [6.07, 6.45) is 8.96. The number of hydrogen-bond acceptors (Lipinski definition) is 1. The van der Waals surface area contributed by atoms with Crippen LogP contribution in [-0.4, -0.2) is 16.6 Å². The van der Waals surface area contributed by atoms with Crippen molar-refractivity contribution in [3.8, 4) is 0 Å². The third-order valence-corrected chi connectivity index (χ3v) is 4.79. The van der Waals surface area contributed by atoms with Gasteiger partial charge in [0.1, 0.15) is 0 Å². The van der Waals surface area contributed by atoms with E-state index in [-0.39, 0.29) is 17.9 Å². The molecule has 101 valence electrons. The molecule has 0 bridgehead atoms. The minimum absolute atomic E-state index is 0.0569. The first-order valence-corrected chi connectivity index (χ1v) is 7.66. The molecule has 2 aliphatic rings. The van der Waals surface area contributed by atoms with Crippen molar-refractivity contribution in [2.24, 2.45) is 0 Å². The normalized spacial score (nSPS) is 23.1. The fraction of sp³-hybridized carbons (Fsp3) is 0.158. The van der Waals surface area contributed by atoms with E-state index in [9.17, 15) is 0 Å². The molecule has 0 heterocycles. The summed E-state index contributed by atoms with van der Waals surface area (Å²) in [6.45, 7) is 0. The smallest absolute Gasteiger partial charge is 0.246 e. The van der Waals surface area contributed by atoms with Crippen molar-refractivity contribution in [3.63, 3.8) is 0 Å². The van der Waals surface area contributed by atoms with Crippen molar-refractivity contribution in [2.45, 2.75) is 17.9 Å². The van der Waals surface area contributed by atoms with Crippen molar-refractivity contribution in [2.75, 3.05) is 0 Å². The molecule has 0 saturated carbocycles. The van der Waals surface area contributed by atoms with E-state index in [0.717, 1.165) is 0 Å². The maximum atomic E-state index is 5.73. The van der Waals surface area contributed by atoms with Gasteiger partial charge < -0.3 is 4.43 Å². The van der Waals surface area contributed by atoms with Gasteiger partial charge in [0.05, 0.1) is 6.10 Å². The van der Waals surface area contributed by atoms with Crippen molar-refractivity contribution >= 4 is 22.6 Å². The van der Waals surface area contributed by atoms with Crippen LogP contribution in [0.25, 0.3) is 12.2 Å². The predicted octanol–water partition coefficient (Wildman–Crippen LogP) is 4.08. The molecule has 1 nitrogen and oxygen atoms in total. The second-order valence-electron chi connectivity index (χ2n) is 5.61. The molecule has 3 radical (unpaired) electrons. The number of fused-ring (bicyclic) bond motifs is 2. The molecule has 2 unspecified atom stereocenters. The third kappa shape index (κ3) is 2.03. The van der Waals surface area contributed by atoms with Crippen LogP contribution in [0.2, 0.25) is 0 Å². The van der Waals surface area contributed by atoms with Crippen molar-refractivity contribution in [1.82, 2.24) is 0 Å². The monoisotopic (exact) mass is 287 g/mol. The number of benzene rings is 2. The van der Waals surface area contributed by atoms with Crippen LogP contribution in [0, 0.1) is 0 Å². The van der Waals surface area contributed by atoms with Gasteiger partial charge in [-0.1, -0.05) is 72.8 Å². The van der Waals surface area contributed by atoms with Gasteiger partial charge in [-0.15, -0.1) is 0 Å². The maximum absolute atomic E-state index is 5.73. The Bertz CT molecular complexity index is 670. The van der Waals surface area contributed by atoms with Crippen LogP contribution in [0.3, 0.4) is 0 Å². The van der Waals surface area contributed by atoms with E-state index in [1.165, 1.54) is 22.3 Å². The van der Waals surface area contributed by atoms with Crippen molar-refractivity contribution in [3.05, 3.63) is 82.9 Å². The molecular formula is C19H15OSi. The lowest BCUT2D eigenvalue weighted by Gasteiger charge is -2.28. The highest BCUT2D eigenvalue weighted by Gasteiger charge is 2.34. The predicted molar refractivity (Wildman–Crippen MR) is 87.1 cm³/mol. The molecule has 2 atom stereocenters. The Morgan fingerprint density at radius 3 is 1.71 bits per heavy atom. The van der Waals surface area contributed by atoms with E-state index in [1.807, 2.05) is 0 Å². The molecule has 2 heteroatoms. The Labute approximate surface area is 128 Å². The van der Waals surface area contributed by atoms with Gasteiger partial charge in [-0.05, 0) is 22.3 Å². The summed E-state index contributed by atoms with van der Waals surface area (Å²) < 4.78 is 5.73. The van der Waals surface area contributed by atoms with Crippen LogP contribution in [0.15, 0.2) is 60.7 Å². The van der Waals surface area contributed by atoms with E-state index < -0.39 is 0 Å². The van der Waals surface area contributed by atoms with Crippen LogP contribution >= 0.6 is 0 Å². The first-order chi connectivity index (χ1) is 10.4. The first kappa shape index (κ1) is 12.8. The Morgan fingerprint density at radius 1 is 0.762 bits per heavy atom. The van der Waals surface area contributed by atoms with Gasteiger partial charge >= 0.3 is 0 Å². The van der Waals surface area contributed by atoms with Gasteiger partial charge in [-0.2, -0.15) is 0 Å². The van der Waals surface area contributed by atoms with E-state index in [0.29, 0.717) is 0 Å². The average molecular weight is 287 g/mol. The van der Waals surface area contributed by atoms with Crippen molar-refractivity contribution in [1.29, 1.82) is 0 Å². The van der Waals surface area contributed by atoms with E-state index in [1.54, 1.807) is 0 Å². The highest BCUT2D eigenvalue weighted by atomic mass is 28.2. The summed E-state index contributed by atoms with van der Waals surface area (Å²) in [5.74, 6) is 0.555. The van der Waals surface area contributed by atoms with Crippen LogP contribution in [0.5, 0.6) is 0 Å². The Hall–Kier alpha value is -1.90. The highest BCUT2D eigenvalue weighted by molar-refractivity contribution is 5.98. The van der Waals surface area contributed by atoms with E-state index in [4.69, 9.17) is 4.43 Å². The molecule has 2 aromatic rings. The van der Waals surface area contributed by atoms with Crippen LogP contribution in [-0.2, 0) is 4.43 Å². The largest absolute Gasteiger partial charge is 0.414 e. The van der Waals surface area contributed by atoms with Gasteiger partial charge in [0, 0.05) is 11.8 Å². The molecule has 21 heavy (non-hydrogen) atoms. The van der Waals surface area contributed by atoms with Crippen molar-refractivity contribution < 1.29 is 4.43 Å². The van der Waals surface area contributed by atoms with Gasteiger partial charge in [0.25, 0.3) is 0 Å². The van der Waals surface area contributed by atoms with E-state index in [2.05, 4.69) is 83.3 Å². The molecule has 2 aromatic carbocycles. The standard InChI is InChI=1S/C19H15OSi/c21-20-19(17-11-9-13-5-1-3-7-15(13)17)18-12-10-14-6-2-4-8-16(14)18/h1-12,17-19H. The Kier molecular flexibility index (Phi) is 3.13. The quantitative estimate of drug-likeness (QED) is 0.773. The molecule has 2 aliphatic carbocycles. The molecule has 0 N–H and O–H groups in total. The second-order valence-corrected chi connectivity index (χ2v) is 5.85. The van der Waals surface area contributed by atoms with E-state index >= 15 is 0 Å². The fourth-order valence-corrected chi connectivity index (χ4v) is 3.79. The SMILES string of the molecule is [Si]OC(C1C=Cc2ccccc21)C1C=Cc2ccccc21. The van der Waals surface area contributed by atoms with Gasteiger partial charge in [-0.25, -0.2) is 0 Å². The molecular weight excluding hydrogens is 272 g/mol. The number of rotatable bonds is 3.